The van der Waals surface area contributed by atoms with Crippen molar-refractivity contribution in [1.82, 2.24) is 15.2 Å². The Kier molecular flexibility index (Phi) is 5.26. The van der Waals surface area contributed by atoms with E-state index in [2.05, 4.69) is 15.3 Å². The molecule has 0 aliphatic heterocycles. The Hall–Kier alpha value is -1.89. The highest BCUT2D eigenvalue weighted by Gasteiger charge is 2.15. The van der Waals surface area contributed by atoms with E-state index < -0.39 is 0 Å². The van der Waals surface area contributed by atoms with Crippen molar-refractivity contribution < 1.29 is 9.90 Å². The Balaban J connectivity index is 2.90. The molecule has 7 heteroatoms. The summed E-state index contributed by atoms with van der Waals surface area (Å²) in [6.45, 7) is 5.61. The van der Waals surface area contributed by atoms with Gasteiger partial charge in [0.1, 0.15) is 10.6 Å². The number of rotatable bonds is 4. The average Bonchev–Trinajstić information content (AvgIpc) is 2.71. The Labute approximate surface area is 122 Å². The summed E-state index contributed by atoms with van der Waals surface area (Å²) >= 11 is 1.23. The molecule has 1 rings (SSSR count). The van der Waals surface area contributed by atoms with Crippen LogP contribution in [0, 0.1) is 0 Å². The lowest BCUT2D eigenvalue weighted by molar-refractivity contribution is -0.117. The number of aliphatic imine (C=N–C) groups is 1. The van der Waals surface area contributed by atoms with Crippen LogP contribution in [0.5, 0.6) is 0 Å². The Morgan fingerprint density at radius 3 is 2.70 bits per heavy atom. The van der Waals surface area contributed by atoms with E-state index in [0.717, 1.165) is 6.08 Å². The molecule has 110 valence electrons. The predicted molar refractivity (Wildman–Crippen MR) is 82.5 cm³/mol. The summed E-state index contributed by atoms with van der Waals surface area (Å²) in [6, 6.07) is 0. The summed E-state index contributed by atoms with van der Waals surface area (Å²) in [7, 11) is 3.67. The Morgan fingerprint density at radius 2 is 2.15 bits per heavy atom. The van der Waals surface area contributed by atoms with Crippen molar-refractivity contribution in [1.29, 1.82) is 0 Å². The normalized spacial score (nSPS) is 12.8. The maximum absolute atomic E-state index is 11.7. The van der Waals surface area contributed by atoms with Gasteiger partial charge in [0.2, 0.25) is 5.91 Å². The third kappa shape index (κ3) is 5.40. The van der Waals surface area contributed by atoms with Crippen LogP contribution in [-0.2, 0) is 4.79 Å². The van der Waals surface area contributed by atoms with Crippen LogP contribution in [0.4, 0.5) is 5.82 Å². The van der Waals surface area contributed by atoms with E-state index in [4.69, 9.17) is 0 Å². The lowest BCUT2D eigenvalue weighted by Gasteiger charge is -2.19. The van der Waals surface area contributed by atoms with E-state index in [-0.39, 0.29) is 17.2 Å². The first-order chi connectivity index (χ1) is 9.19. The van der Waals surface area contributed by atoms with Gasteiger partial charge in [0.25, 0.3) is 0 Å². The predicted octanol–water partition coefficient (Wildman–Crippen LogP) is 2.18. The zero-order valence-electron chi connectivity index (χ0n) is 12.3. The Morgan fingerprint density at radius 1 is 1.50 bits per heavy atom. The lowest BCUT2D eigenvalue weighted by atomic mass is 10.1. The number of hydrogen-bond donors (Lipinski definition) is 2. The standard InChI is InChI=1S/C13H20N4O2S/c1-13(2,3)16-10(19)6-9(18)11-12(15-8-20-11)14-7-17(4)5/h6-8,18H,1-5H3,(H,16,19)/b9-6-,14-7+. The smallest absolute Gasteiger partial charge is 0.248 e. The fourth-order valence-electron chi connectivity index (χ4n) is 1.27. The summed E-state index contributed by atoms with van der Waals surface area (Å²) in [6.07, 6.45) is 2.73. The highest BCUT2D eigenvalue weighted by molar-refractivity contribution is 7.11. The van der Waals surface area contributed by atoms with Crippen molar-refractivity contribution in [2.45, 2.75) is 26.3 Å². The summed E-state index contributed by atoms with van der Waals surface area (Å²) < 4.78 is 0. The number of aliphatic hydroxyl groups excluding tert-OH is 1. The zero-order chi connectivity index (χ0) is 15.3. The molecule has 2 N–H and O–H groups in total. The number of nitrogens with one attached hydrogen (secondary N) is 1. The molecule has 0 spiro atoms. The molecular weight excluding hydrogens is 276 g/mol. The van der Waals surface area contributed by atoms with Crippen LogP contribution in [0.1, 0.15) is 25.6 Å². The zero-order valence-corrected chi connectivity index (χ0v) is 13.2. The molecule has 0 fully saturated rings. The molecule has 0 aliphatic rings. The lowest BCUT2D eigenvalue weighted by Crippen LogP contribution is -2.39. The Bertz CT molecular complexity index is 527. The fourth-order valence-corrected chi connectivity index (χ4v) is 1.92. The van der Waals surface area contributed by atoms with Crippen molar-refractivity contribution in [3.63, 3.8) is 0 Å². The number of hydrogen-bond acceptors (Lipinski definition) is 5. The first-order valence-corrected chi connectivity index (χ1v) is 6.94. The van der Waals surface area contributed by atoms with Gasteiger partial charge in [-0.15, -0.1) is 11.3 Å². The van der Waals surface area contributed by atoms with Gasteiger partial charge in [0, 0.05) is 25.7 Å². The monoisotopic (exact) mass is 296 g/mol. The number of carbonyl (C=O) groups is 1. The maximum Gasteiger partial charge on any atom is 0.248 e. The van der Waals surface area contributed by atoms with Crippen LogP contribution in [0.25, 0.3) is 5.76 Å². The molecule has 0 aliphatic carbocycles. The quantitative estimate of drug-likeness (QED) is 0.386. The van der Waals surface area contributed by atoms with Crippen LogP contribution < -0.4 is 5.32 Å². The molecule has 0 radical (unpaired) electrons. The second-order valence-corrected chi connectivity index (χ2v) is 6.34. The second-order valence-electron chi connectivity index (χ2n) is 5.48. The summed E-state index contributed by atoms with van der Waals surface area (Å²) in [4.78, 5) is 22.1. The van der Waals surface area contributed by atoms with Crippen molar-refractivity contribution >= 4 is 35.2 Å². The van der Waals surface area contributed by atoms with Gasteiger partial charge in [0.15, 0.2) is 5.82 Å². The highest BCUT2D eigenvalue weighted by atomic mass is 32.1. The minimum Gasteiger partial charge on any atom is -0.506 e. The van der Waals surface area contributed by atoms with Crippen LogP contribution in [0.3, 0.4) is 0 Å². The number of thiazole rings is 1. The van der Waals surface area contributed by atoms with Crippen molar-refractivity contribution in [3.8, 4) is 0 Å². The molecular formula is C13H20N4O2S. The van der Waals surface area contributed by atoms with E-state index in [1.54, 1.807) is 16.7 Å². The minimum atomic E-state index is -0.356. The van der Waals surface area contributed by atoms with E-state index in [9.17, 15) is 9.90 Å². The van der Waals surface area contributed by atoms with E-state index in [1.807, 2.05) is 34.9 Å². The van der Waals surface area contributed by atoms with Gasteiger partial charge in [0.05, 0.1) is 11.8 Å². The van der Waals surface area contributed by atoms with Gasteiger partial charge in [-0.25, -0.2) is 9.98 Å². The SMILES string of the molecule is CN(C)/C=N/c1ncsc1/C(O)=C/C(=O)NC(C)(C)C. The number of carbonyl (C=O) groups excluding carboxylic acids is 1. The number of aromatic nitrogens is 1. The van der Waals surface area contributed by atoms with Gasteiger partial charge >= 0.3 is 0 Å². The molecule has 1 heterocycles. The largest absolute Gasteiger partial charge is 0.506 e. The summed E-state index contributed by atoms with van der Waals surface area (Å²) in [5.74, 6) is -0.105. The van der Waals surface area contributed by atoms with E-state index >= 15 is 0 Å². The van der Waals surface area contributed by atoms with Crippen LogP contribution in [0.15, 0.2) is 16.6 Å². The average molecular weight is 296 g/mol. The van der Waals surface area contributed by atoms with Gasteiger partial charge < -0.3 is 15.3 Å². The molecule has 0 saturated carbocycles. The fraction of sp³-hybridized carbons (Fsp3) is 0.462. The third-order valence-corrected chi connectivity index (χ3v) is 2.80. The van der Waals surface area contributed by atoms with Crippen LogP contribution >= 0.6 is 11.3 Å². The molecule has 0 atom stereocenters. The molecule has 1 aromatic rings. The summed E-state index contributed by atoms with van der Waals surface area (Å²) in [5, 5.41) is 12.7. The molecule has 6 nitrogen and oxygen atoms in total. The van der Waals surface area contributed by atoms with Gasteiger partial charge in [-0.1, -0.05) is 0 Å². The van der Waals surface area contributed by atoms with Crippen LogP contribution in [-0.4, -0.2) is 46.9 Å². The second kappa shape index (κ2) is 6.51. The summed E-state index contributed by atoms with van der Waals surface area (Å²) in [5.41, 5.74) is 1.22. The molecule has 0 aromatic carbocycles. The number of amides is 1. The molecule has 0 unspecified atom stereocenters. The number of aliphatic hydroxyl groups is 1. The molecule has 1 amide bonds. The van der Waals surface area contributed by atoms with Crippen molar-refractivity contribution in [2.75, 3.05) is 14.1 Å². The molecule has 20 heavy (non-hydrogen) atoms. The van der Waals surface area contributed by atoms with Crippen molar-refractivity contribution in [2.24, 2.45) is 4.99 Å². The third-order valence-electron chi connectivity index (χ3n) is 1.96. The van der Waals surface area contributed by atoms with E-state index in [0.29, 0.717) is 10.7 Å². The van der Waals surface area contributed by atoms with Crippen molar-refractivity contribution in [3.05, 3.63) is 16.5 Å². The molecule has 0 saturated heterocycles. The highest BCUT2D eigenvalue weighted by Crippen LogP contribution is 2.27. The minimum absolute atomic E-state index is 0.139. The first-order valence-electron chi connectivity index (χ1n) is 6.06. The van der Waals surface area contributed by atoms with E-state index in [1.165, 1.54) is 11.3 Å². The topological polar surface area (TPSA) is 77.8 Å². The van der Waals surface area contributed by atoms with Gasteiger partial charge in [-0.2, -0.15) is 0 Å². The molecule has 1 aromatic heterocycles. The number of nitrogens with zero attached hydrogens (tertiary/aromatic N) is 3. The maximum atomic E-state index is 11.7. The van der Waals surface area contributed by atoms with Gasteiger partial charge in [-0.05, 0) is 20.8 Å². The van der Waals surface area contributed by atoms with Gasteiger partial charge in [-0.3, -0.25) is 4.79 Å². The molecule has 0 bridgehead atoms. The first kappa shape index (κ1) is 16.2. The van der Waals surface area contributed by atoms with Crippen LogP contribution in [0.2, 0.25) is 0 Å².